The Morgan fingerprint density at radius 1 is 0.970 bits per heavy atom. The lowest BCUT2D eigenvalue weighted by Crippen LogP contribution is -2.64. The third kappa shape index (κ3) is 5.01. The second kappa shape index (κ2) is 10.7. The van der Waals surface area contributed by atoms with Gasteiger partial charge in [0.15, 0.2) is 11.7 Å². The molecule has 0 aromatic heterocycles. The van der Waals surface area contributed by atoms with Crippen LogP contribution in [-0.2, 0) is 16.1 Å². The molecule has 0 bridgehead atoms. The minimum Gasteiger partial charge on any atom is -0.395 e. The maximum atomic E-state index is 9.59. The van der Waals surface area contributed by atoms with Gasteiger partial charge in [0, 0.05) is 20.5 Å². The summed E-state index contributed by atoms with van der Waals surface area (Å²) in [5.41, 5.74) is 2.74. The van der Waals surface area contributed by atoms with E-state index in [2.05, 4.69) is 40.3 Å². The first-order chi connectivity index (χ1) is 16.0. The zero-order chi connectivity index (χ0) is 23.8. The van der Waals surface area contributed by atoms with E-state index in [0.29, 0.717) is 31.0 Å². The number of amidine groups is 2. The fourth-order valence-electron chi connectivity index (χ4n) is 3.92. The van der Waals surface area contributed by atoms with Crippen molar-refractivity contribution in [1.29, 1.82) is 5.26 Å². The van der Waals surface area contributed by atoms with E-state index in [1.54, 1.807) is 6.07 Å². The number of nitrogens with zero attached hydrogens (tertiary/aromatic N) is 5. The molecule has 0 saturated carbocycles. The monoisotopic (exact) mass is 445 g/mol. The van der Waals surface area contributed by atoms with Crippen LogP contribution in [0.4, 0.5) is 0 Å². The van der Waals surface area contributed by atoms with Crippen molar-refractivity contribution in [2.75, 3.05) is 27.3 Å². The summed E-state index contributed by atoms with van der Waals surface area (Å²) < 4.78 is 0. The second-order valence-corrected chi connectivity index (χ2v) is 7.95. The highest BCUT2D eigenvalue weighted by Gasteiger charge is 2.47. The quantitative estimate of drug-likeness (QED) is 0.588. The van der Waals surface area contributed by atoms with Crippen LogP contribution in [0.1, 0.15) is 37.5 Å². The van der Waals surface area contributed by atoms with Crippen LogP contribution >= 0.6 is 0 Å². The van der Waals surface area contributed by atoms with Crippen molar-refractivity contribution < 1.29 is 9.68 Å². The molecule has 7 nitrogen and oxygen atoms in total. The Morgan fingerprint density at radius 2 is 1.61 bits per heavy atom. The van der Waals surface area contributed by atoms with Crippen LogP contribution in [0.2, 0.25) is 0 Å². The number of hydrogen-bond donors (Lipinski definition) is 0. The maximum Gasteiger partial charge on any atom is 0.192 e. The van der Waals surface area contributed by atoms with Crippen molar-refractivity contribution in [2.24, 2.45) is 10.3 Å². The van der Waals surface area contributed by atoms with Crippen LogP contribution < -0.4 is 0 Å². The summed E-state index contributed by atoms with van der Waals surface area (Å²) in [6, 6.07) is 20.0. The normalized spacial score (nSPS) is 22.0. The maximum absolute atomic E-state index is 9.59. The first kappa shape index (κ1) is 23.9. The van der Waals surface area contributed by atoms with E-state index in [-0.39, 0.29) is 0 Å². The van der Waals surface area contributed by atoms with Crippen LogP contribution in [0.3, 0.4) is 0 Å². The first-order valence-electron chi connectivity index (χ1n) is 11.1. The molecule has 2 aromatic carbocycles. The van der Waals surface area contributed by atoms with Crippen molar-refractivity contribution >= 4 is 17.7 Å². The van der Waals surface area contributed by atoms with E-state index in [9.17, 15) is 5.26 Å². The third-order valence-electron chi connectivity index (χ3n) is 5.77. The molecule has 3 rings (SSSR count). The Balaban J connectivity index is 2.19. The summed E-state index contributed by atoms with van der Waals surface area (Å²) in [4.78, 5) is 15.1. The van der Waals surface area contributed by atoms with E-state index >= 15 is 0 Å². The molecule has 172 valence electrons. The summed E-state index contributed by atoms with van der Waals surface area (Å²) in [7, 11) is 3.93. The molecule has 2 aromatic rings. The molecule has 1 saturated heterocycles. The Hall–Kier alpha value is -3.79. The zero-order valence-electron chi connectivity index (χ0n) is 19.9. The van der Waals surface area contributed by atoms with Gasteiger partial charge in [0.05, 0.1) is 17.3 Å². The van der Waals surface area contributed by atoms with E-state index in [1.807, 2.05) is 75.3 Å². The van der Waals surface area contributed by atoms with Crippen LogP contribution in [0, 0.1) is 11.3 Å². The van der Waals surface area contributed by atoms with E-state index in [1.165, 1.54) is 5.56 Å². The molecule has 0 radical (unpaired) electrons. The van der Waals surface area contributed by atoms with E-state index < -0.39 is 5.54 Å². The fraction of sp³-hybridized carbons (Fsp3) is 0.346. The SMILES string of the molecule is CCON=C1C(=Cc2ccccc2C#N)N(C)C(=NOCC)C(C)(Cc2ccccc2)N1C. The largest absolute Gasteiger partial charge is 0.395 e. The lowest BCUT2D eigenvalue weighted by molar-refractivity contribution is 0.135. The second-order valence-electron chi connectivity index (χ2n) is 7.95. The molecule has 1 aliphatic rings. The van der Waals surface area contributed by atoms with Crippen LogP contribution in [-0.4, -0.2) is 54.3 Å². The number of rotatable bonds is 7. The summed E-state index contributed by atoms with van der Waals surface area (Å²) >= 11 is 0. The highest BCUT2D eigenvalue weighted by atomic mass is 16.6. The van der Waals surface area contributed by atoms with Gasteiger partial charge in [-0.15, -0.1) is 0 Å². The molecule has 1 atom stereocenters. The minimum absolute atomic E-state index is 0.443. The van der Waals surface area contributed by atoms with Crippen molar-refractivity contribution in [3.63, 3.8) is 0 Å². The topological polar surface area (TPSA) is 73.4 Å². The molecule has 33 heavy (non-hydrogen) atoms. The van der Waals surface area contributed by atoms with Crippen molar-refractivity contribution in [3.05, 3.63) is 77.0 Å². The molecule has 0 spiro atoms. The number of benzene rings is 2. The molecule has 7 heteroatoms. The number of nitriles is 1. The Bertz CT molecular complexity index is 1090. The van der Waals surface area contributed by atoms with Gasteiger partial charge in [-0.3, -0.25) is 0 Å². The average Bonchev–Trinajstić information content (AvgIpc) is 2.83. The lowest BCUT2D eigenvalue weighted by atomic mass is 9.86. The van der Waals surface area contributed by atoms with Crippen molar-refractivity contribution in [3.8, 4) is 6.07 Å². The molecule has 1 aliphatic heterocycles. The third-order valence-corrected chi connectivity index (χ3v) is 5.77. The first-order valence-corrected chi connectivity index (χ1v) is 11.1. The highest BCUT2D eigenvalue weighted by Crippen LogP contribution is 2.33. The lowest BCUT2D eigenvalue weighted by Gasteiger charge is -2.49. The van der Waals surface area contributed by atoms with Gasteiger partial charge < -0.3 is 19.5 Å². The number of piperazine rings is 1. The summed E-state index contributed by atoms with van der Waals surface area (Å²) in [5, 5.41) is 18.6. The molecule has 0 aliphatic carbocycles. The number of likely N-dealkylation sites (N-methyl/N-ethyl adjacent to an activating group) is 2. The van der Waals surface area contributed by atoms with Gasteiger partial charge in [-0.25, -0.2) is 0 Å². The van der Waals surface area contributed by atoms with Gasteiger partial charge >= 0.3 is 0 Å². The summed E-state index contributed by atoms with van der Waals surface area (Å²) in [6.07, 6.45) is 2.63. The molecule has 0 N–H and O–H groups in total. The Morgan fingerprint density at radius 3 is 2.27 bits per heavy atom. The van der Waals surface area contributed by atoms with Gasteiger partial charge in [0.2, 0.25) is 0 Å². The van der Waals surface area contributed by atoms with Crippen molar-refractivity contribution in [1.82, 2.24) is 9.80 Å². The minimum atomic E-state index is -0.562. The van der Waals surface area contributed by atoms with Gasteiger partial charge in [-0.2, -0.15) is 5.26 Å². The van der Waals surface area contributed by atoms with Crippen LogP contribution in [0.25, 0.3) is 6.08 Å². The Labute approximate surface area is 196 Å². The van der Waals surface area contributed by atoms with Gasteiger partial charge in [-0.05, 0) is 44.0 Å². The summed E-state index contributed by atoms with van der Waals surface area (Å²) in [6.45, 7) is 6.83. The summed E-state index contributed by atoms with van der Waals surface area (Å²) in [5.74, 6) is 1.40. The van der Waals surface area contributed by atoms with Crippen molar-refractivity contribution in [2.45, 2.75) is 32.7 Å². The van der Waals surface area contributed by atoms with Gasteiger partial charge in [0.1, 0.15) is 18.8 Å². The number of oxime groups is 2. The van der Waals surface area contributed by atoms with Gasteiger partial charge in [-0.1, -0.05) is 58.8 Å². The molecular weight excluding hydrogens is 414 g/mol. The van der Waals surface area contributed by atoms with E-state index in [4.69, 9.17) is 9.68 Å². The standard InChI is InChI=1S/C26H31N5O2/c1-6-32-28-24-23(17-21-15-11-12-16-22(21)19-27)30(4)25(29-33-7-2)26(3,31(24)5)18-20-13-9-8-10-14-20/h8-17H,6-7,18H2,1-5H3. The average molecular weight is 446 g/mol. The predicted octanol–water partition coefficient (Wildman–Crippen LogP) is 4.48. The Kier molecular flexibility index (Phi) is 7.73. The predicted molar refractivity (Wildman–Crippen MR) is 131 cm³/mol. The highest BCUT2D eigenvalue weighted by molar-refractivity contribution is 6.12. The molecule has 1 unspecified atom stereocenters. The van der Waals surface area contributed by atoms with E-state index in [0.717, 1.165) is 17.1 Å². The molecule has 0 amide bonds. The molecule has 1 heterocycles. The van der Waals surface area contributed by atoms with Gasteiger partial charge in [0.25, 0.3) is 0 Å². The number of hydrogen-bond acceptors (Lipinski definition) is 5. The van der Waals surface area contributed by atoms with Crippen LogP contribution in [0.15, 0.2) is 70.6 Å². The zero-order valence-corrected chi connectivity index (χ0v) is 19.9. The molecular formula is C26H31N5O2. The fourth-order valence-corrected chi connectivity index (χ4v) is 3.92. The van der Waals surface area contributed by atoms with Crippen LogP contribution in [0.5, 0.6) is 0 Å². The molecule has 1 fully saturated rings. The smallest absolute Gasteiger partial charge is 0.192 e.